The lowest BCUT2D eigenvalue weighted by Gasteiger charge is -2.43. The molecule has 0 heterocycles. The van der Waals surface area contributed by atoms with E-state index in [1.54, 1.807) is 12.2 Å². The molecule has 0 bridgehead atoms. The number of esters is 2. The molecule has 17 nitrogen and oxygen atoms in total. The van der Waals surface area contributed by atoms with Crippen molar-refractivity contribution in [1.29, 1.82) is 0 Å². The Balaban J connectivity index is 2.71. The molecule has 0 radical (unpaired) electrons. The van der Waals surface area contributed by atoms with Crippen molar-refractivity contribution in [3.05, 3.63) is 109 Å². The van der Waals surface area contributed by atoms with Crippen molar-refractivity contribution >= 4 is 27.6 Å². The minimum atomic E-state index is -5.40. The van der Waals surface area contributed by atoms with Gasteiger partial charge in [-0.15, -0.1) is 0 Å². The molecule has 1 fully saturated rings. The number of carbonyl (C=O) groups excluding carboxylic acids is 2. The van der Waals surface area contributed by atoms with Gasteiger partial charge in [0, 0.05) is 12.8 Å². The fourth-order valence-electron chi connectivity index (χ4n) is 6.61. The second-order valence-corrected chi connectivity index (χ2v) is 19.2. The van der Waals surface area contributed by atoms with Crippen LogP contribution in [-0.4, -0.2) is 114 Å². The van der Waals surface area contributed by atoms with Crippen LogP contribution >= 0.6 is 15.6 Å². The third kappa shape index (κ3) is 34.1. The van der Waals surface area contributed by atoms with Crippen LogP contribution in [0.4, 0.5) is 0 Å². The van der Waals surface area contributed by atoms with Gasteiger partial charge in [0.05, 0.1) is 12.7 Å². The summed E-state index contributed by atoms with van der Waals surface area (Å²) >= 11 is 0. The zero-order chi connectivity index (χ0) is 51.9. The standard InChI is InChI=1S/C51H82O17P2/c1-3-5-7-9-11-13-15-17-19-21-23-25-27-29-31-33-35-37-44(53)64-40-43(41-65-70(62,63)68-51-48(57)46(55)47(56)50(49(51)58)67-69(59,60)61)66-45(54)39-38-42(52)36-34-32-30-28-26-24-22-20-18-16-14-12-10-8-6-4-2/h6,8,11-14,17-20,23-26,30,32,34,36,42-43,46-52,55-58H,3-5,7,9-10,15-16,21-22,27-29,31,33,35,37-41H2,1-2H3,(H,62,63)(H2,59,60,61)/b8-6-,13-11-,14-12-,19-17-,20-18-,25-23-,26-24-,32-30-,36-34-/t42?,43-,46?,47?,48?,49?,50-,51+/m1/s1. The summed E-state index contributed by atoms with van der Waals surface area (Å²) in [4.78, 5) is 54.4. The Labute approximate surface area is 415 Å². The van der Waals surface area contributed by atoms with Gasteiger partial charge in [-0.3, -0.25) is 23.2 Å². The highest BCUT2D eigenvalue weighted by Gasteiger charge is 2.54. The lowest BCUT2D eigenvalue weighted by Crippen LogP contribution is -2.64. The van der Waals surface area contributed by atoms with Gasteiger partial charge in [0.2, 0.25) is 0 Å². The summed E-state index contributed by atoms with van der Waals surface area (Å²) in [5, 5.41) is 51.7. The van der Waals surface area contributed by atoms with E-state index >= 15 is 0 Å². The van der Waals surface area contributed by atoms with E-state index in [1.807, 2.05) is 18.2 Å². The Morgan fingerprint density at radius 2 is 1.04 bits per heavy atom. The Kier molecular flexibility index (Phi) is 37.1. The fourth-order valence-corrected chi connectivity index (χ4v) is 8.15. The smallest absolute Gasteiger partial charge is 0.462 e. The summed E-state index contributed by atoms with van der Waals surface area (Å²) < 4.78 is 49.2. The molecular formula is C51H82O17P2. The number of hydrogen-bond donors (Lipinski definition) is 8. The van der Waals surface area contributed by atoms with Crippen LogP contribution in [0, 0.1) is 0 Å². The van der Waals surface area contributed by atoms with Crippen LogP contribution in [-0.2, 0) is 41.8 Å². The maximum atomic E-state index is 13.0. The normalized spacial score (nSPS) is 22.4. The Morgan fingerprint density at radius 1 is 0.543 bits per heavy atom. The van der Waals surface area contributed by atoms with E-state index in [4.69, 9.17) is 18.5 Å². The zero-order valence-corrected chi connectivity index (χ0v) is 42.8. The molecule has 9 atom stereocenters. The van der Waals surface area contributed by atoms with Gasteiger partial charge in [0.15, 0.2) is 6.10 Å². The number of aliphatic hydroxyl groups is 5. The first-order valence-electron chi connectivity index (χ1n) is 24.5. The average molecular weight is 1030 g/mol. The maximum Gasteiger partial charge on any atom is 0.472 e. The van der Waals surface area contributed by atoms with Crippen molar-refractivity contribution in [2.45, 2.75) is 185 Å². The number of allylic oxidation sites excluding steroid dienone is 17. The summed E-state index contributed by atoms with van der Waals surface area (Å²) in [6, 6.07) is 0. The van der Waals surface area contributed by atoms with E-state index < -0.39 is 89.6 Å². The maximum absolute atomic E-state index is 13.0. The number of unbranched alkanes of at least 4 members (excludes halogenated alkanes) is 7. The van der Waals surface area contributed by atoms with Crippen molar-refractivity contribution in [3.8, 4) is 0 Å². The quantitative estimate of drug-likeness (QED) is 0.00940. The summed E-state index contributed by atoms with van der Waals surface area (Å²) in [5.41, 5.74) is 0. The number of ether oxygens (including phenoxy) is 2. The van der Waals surface area contributed by atoms with Crippen LogP contribution < -0.4 is 0 Å². The van der Waals surface area contributed by atoms with E-state index in [9.17, 15) is 58.9 Å². The van der Waals surface area contributed by atoms with Crippen LogP contribution in [0.2, 0.25) is 0 Å². The number of carbonyl (C=O) groups is 2. The van der Waals surface area contributed by atoms with E-state index in [1.165, 1.54) is 25.3 Å². The fraction of sp³-hybridized carbons (Fsp3) is 0.608. The van der Waals surface area contributed by atoms with Gasteiger partial charge in [-0.2, -0.15) is 0 Å². The molecule has 0 aromatic rings. The highest BCUT2D eigenvalue weighted by molar-refractivity contribution is 7.47. The molecule has 1 saturated carbocycles. The lowest BCUT2D eigenvalue weighted by atomic mass is 9.85. The summed E-state index contributed by atoms with van der Waals surface area (Å²) in [7, 11) is -10.8. The molecule has 0 amide bonds. The van der Waals surface area contributed by atoms with Gasteiger partial charge in [0.1, 0.15) is 43.2 Å². The van der Waals surface area contributed by atoms with Crippen molar-refractivity contribution in [1.82, 2.24) is 0 Å². The predicted molar refractivity (Wildman–Crippen MR) is 270 cm³/mol. The lowest BCUT2D eigenvalue weighted by molar-refractivity contribution is -0.216. The van der Waals surface area contributed by atoms with Crippen LogP contribution in [0.15, 0.2) is 109 Å². The highest BCUT2D eigenvalue weighted by Crippen LogP contribution is 2.49. The van der Waals surface area contributed by atoms with Crippen molar-refractivity contribution in [2.24, 2.45) is 0 Å². The molecule has 0 aliphatic heterocycles. The van der Waals surface area contributed by atoms with Crippen LogP contribution in [0.25, 0.3) is 0 Å². The SMILES string of the molecule is CC/C=C\C/C=C\C/C=C\C/C=C\C/C=C\C=C/C(O)CCC(=O)O[C@H](COC(=O)CCCCCC/C=C\C/C=C\C/C=C\CCCCC)COP(=O)(O)O[C@H]1C(O)C(O)C(O)[C@@H](OP(=O)(O)O)C1O. The number of rotatable bonds is 39. The molecule has 19 heteroatoms. The van der Waals surface area contributed by atoms with Crippen molar-refractivity contribution < 1.29 is 82.0 Å². The molecule has 8 N–H and O–H groups in total. The molecule has 398 valence electrons. The second-order valence-electron chi connectivity index (χ2n) is 16.6. The van der Waals surface area contributed by atoms with Gasteiger partial charge in [-0.05, 0) is 83.5 Å². The molecule has 0 spiro atoms. The van der Waals surface area contributed by atoms with Crippen molar-refractivity contribution in [2.75, 3.05) is 13.2 Å². The number of aliphatic hydroxyl groups excluding tert-OH is 5. The molecular weight excluding hydrogens is 946 g/mol. The van der Waals surface area contributed by atoms with Crippen LogP contribution in [0.3, 0.4) is 0 Å². The summed E-state index contributed by atoms with van der Waals surface area (Å²) in [6.07, 6.45) is 34.9. The predicted octanol–water partition coefficient (Wildman–Crippen LogP) is 8.70. The molecule has 6 unspecified atom stereocenters. The Bertz CT molecular complexity index is 1780. The summed E-state index contributed by atoms with van der Waals surface area (Å²) in [5.74, 6) is -1.52. The van der Waals surface area contributed by atoms with E-state index in [2.05, 4.69) is 91.3 Å². The number of phosphoric acid groups is 2. The molecule has 1 rings (SSSR count). The largest absolute Gasteiger partial charge is 0.472 e. The second kappa shape index (κ2) is 40.1. The third-order valence-corrected chi connectivity index (χ3v) is 12.0. The number of hydrogen-bond acceptors (Lipinski definition) is 14. The topological polar surface area (TPSA) is 276 Å². The van der Waals surface area contributed by atoms with Gasteiger partial charge >= 0.3 is 27.6 Å². The van der Waals surface area contributed by atoms with Gasteiger partial charge < -0.3 is 49.7 Å². The first-order valence-corrected chi connectivity index (χ1v) is 27.6. The highest BCUT2D eigenvalue weighted by atomic mass is 31.2. The van der Waals surface area contributed by atoms with E-state index in [-0.39, 0.29) is 19.3 Å². The molecule has 1 aliphatic carbocycles. The Morgan fingerprint density at radius 3 is 1.59 bits per heavy atom. The third-order valence-electron chi connectivity index (χ3n) is 10.4. The van der Waals surface area contributed by atoms with Crippen molar-refractivity contribution in [3.63, 3.8) is 0 Å². The molecule has 1 aliphatic rings. The van der Waals surface area contributed by atoms with Crippen LogP contribution in [0.5, 0.6) is 0 Å². The van der Waals surface area contributed by atoms with Gasteiger partial charge in [-0.25, -0.2) is 9.13 Å². The average Bonchev–Trinajstić information content (AvgIpc) is 3.31. The monoisotopic (exact) mass is 1030 g/mol. The minimum Gasteiger partial charge on any atom is -0.462 e. The van der Waals surface area contributed by atoms with Gasteiger partial charge in [-0.1, -0.05) is 149 Å². The Hall–Kier alpha value is -3.38. The minimum absolute atomic E-state index is 0.0384. The molecule has 70 heavy (non-hydrogen) atoms. The first-order chi connectivity index (χ1) is 33.5. The molecule has 0 saturated heterocycles. The number of phosphoric ester groups is 2. The van der Waals surface area contributed by atoms with Crippen LogP contribution in [0.1, 0.15) is 136 Å². The van der Waals surface area contributed by atoms with E-state index in [0.717, 1.165) is 70.6 Å². The summed E-state index contributed by atoms with van der Waals surface area (Å²) in [6.45, 7) is 2.74. The van der Waals surface area contributed by atoms with E-state index in [0.29, 0.717) is 12.8 Å². The first kappa shape index (κ1) is 64.6. The molecule has 0 aromatic carbocycles. The van der Waals surface area contributed by atoms with Gasteiger partial charge in [0.25, 0.3) is 0 Å². The zero-order valence-electron chi connectivity index (χ0n) is 41.0. The molecule has 0 aromatic heterocycles.